The fourth-order valence-electron chi connectivity index (χ4n) is 3.14. The minimum absolute atomic E-state index is 0.0870. The quantitative estimate of drug-likeness (QED) is 0.218. The molecule has 1 aromatic rings. The van der Waals surface area contributed by atoms with Gasteiger partial charge in [0.1, 0.15) is 18.3 Å². The van der Waals surface area contributed by atoms with Crippen LogP contribution in [0.2, 0.25) is 0 Å². The van der Waals surface area contributed by atoms with Gasteiger partial charge < -0.3 is 20.1 Å². The van der Waals surface area contributed by atoms with Gasteiger partial charge in [0.05, 0.1) is 6.61 Å². The van der Waals surface area contributed by atoms with Crippen molar-refractivity contribution < 1.29 is 24.2 Å². The minimum atomic E-state index is -0.647. The number of aliphatic hydroxyl groups is 1. The summed E-state index contributed by atoms with van der Waals surface area (Å²) in [7, 11) is 0. The van der Waals surface area contributed by atoms with Crippen molar-refractivity contribution in [2.45, 2.75) is 52.7 Å². The van der Waals surface area contributed by atoms with E-state index in [9.17, 15) is 19.5 Å². The lowest BCUT2D eigenvalue weighted by Gasteiger charge is -2.26. The predicted molar refractivity (Wildman–Crippen MR) is 115 cm³/mol. The van der Waals surface area contributed by atoms with Gasteiger partial charge in [-0.05, 0) is 61.8 Å². The van der Waals surface area contributed by atoms with Crippen LogP contribution in [0, 0.1) is 13.8 Å². The largest absolute Gasteiger partial charge is 0.425 e. The second-order valence-electron chi connectivity index (χ2n) is 6.92. The van der Waals surface area contributed by atoms with Crippen molar-refractivity contribution >= 4 is 30.0 Å². The standard InChI is InChI=1S/C21H32N2O5S/c1-5-8-23(21(27)18(22-14-25)7-6-9-29-4)12-19(26)28-20-15(2)10-17(13-24)11-16(20)3/h10-11,14,18,24H,5-9,12-13H2,1-4H3,(H,22,25). The minimum Gasteiger partial charge on any atom is -0.425 e. The van der Waals surface area contributed by atoms with E-state index in [0.717, 1.165) is 28.9 Å². The van der Waals surface area contributed by atoms with Gasteiger partial charge in [0.25, 0.3) is 0 Å². The van der Waals surface area contributed by atoms with E-state index in [0.29, 0.717) is 31.5 Å². The Morgan fingerprint density at radius 2 is 1.97 bits per heavy atom. The molecule has 1 aromatic carbocycles. The molecule has 0 saturated carbocycles. The molecule has 0 aliphatic heterocycles. The molecule has 162 valence electrons. The number of hydrogen-bond donors (Lipinski definition) is 2. The van der Waals surface area contributed by atoms with E-state index in [1.54, 1.807) is 37.7 Å². The van der Waals surface area contributed by atoms with Gasteiger partial charge in [-0.25, -0.2) is 4.79 Å². The van der Waals surface area contributed by atoms with Crippen molar-refractivity contribution in [1.82, 2.24) is 10.2 Å². The number of ether oxygens (including phenoxy) is 1. The summed E-state index contributed by atoms with van der Waals surface area (Å²) in [6, 6.07) is 2.88. The van der Waals surface area contributed by atoms with E-state index in [4.69, 9.17) is 4.74 Å². The SMILES string of the molecule is CCCN(CC(=O)Oc1c(C)cc(CO)cc1C)C(=O)C(CCCSC)NC=O. The fraction of sp³-hybridized carbons (Fsp3) is 0.571. The van der Waals surface area contributed by atoms with Crippen molar-refractivity contribution in [3.05, 3.63) is 28.8 Å². The molecule has 0 fully saturated rings. The number of aliphatic hydroxyl groups excluding tert-OH is 1. The first kappa shape index (κ1) is 25.0. The highest BCUT2D eigenvalue weighted by molar-refractivity contribution is 7.98. The van der Waals surface area contributed by atoms with Gasteiger partial charge in [-0.3, -0.25) is 9.59 Å². The van der Waals surface area contributed by atoms with Gasteiger partial charge in [-0.2, -0.15) is 11.8 Å². The second-order valence-corrected chi connectivity index (χ2v) is 7.91. The zero-order chi connectivity index (χ0) is 21.8. The maximum atomic E-state index is 12.9. The topological polar surface area (TPSA) is 95.9 Å². The Bertz CT molecular complexity index is 673. The van der Waals surface area contributed by atoms with Crippen LogP contribution < -0.4 is 10.1 Å². The molecule has 0 bridgehead atoms. The van der Waals surface area contributed by atoms with Crippen LogP contribution in [0.4, 0.5) is 0 Å². The number of carbonyl (C=O) groups excluding carboxylic acids is 3. The first-order valence-corrected chi connectivity index (χ1v) is 11.2. The third-order valence-electron chi connectivity index (χ3n) is 4.45. The molecule has 2 N–H and O–H groups in total. The van der Waals surface area contributed by atoms with Crippen LogP contribution in [-0.2, 0) is 21.0 Å². The molecule has 0 spiro atoms. The maximum Gasteiger partial charge on any atom is 0.331 e. The maximum absolute atomic E-state index is 12.9. The zero-order valence-corrected chi connectivity index (χ0v) is 18.5. The molecule has 7 nitrogen and oxygen atoms in total. The average Bonchev–Trinajstić information content (AvgIpc) is 2.69. The number of carbonyl (C=O) groups is 3. The number of benzene rings is 1. The van der Waals surface area contributed by atoms with Crippen molar-refractivity contribution in [3.8, 4) is 5.75 Å². The molecule has 0 saturated heterocycles. The van der Waals surface area contributed by atoms with E-state index >= 15 is 0 Å². The predicted octanol–water partition coefficient (Wildman–Crippen LogP) is 2.20. The van der Waals surface area contributed by atoms with Crippen molar-refractivity contribution in [2.24, 2.45) is 0 Å². The highest BCUT2D eigenvalue weighted by Gasteiger charge is 2.26. The molecule has 8 heteroatoms. The summed E-state index contributed by atoms with van der Waals surface area (Å²) < 4.78 is 5.53. The monoisotopic (exact) mass is 424 g/mol. The van der Waals surface area contributed by atoms with Crippen LogP contribution in [0.25, 0.3) is 0 Å². The molecule has 29 heavy (non-hydrogen) atoms. The van der Waals surface area contributed by atoms with Gasteiger partial charge in [0, 0.05) is 6.54 Å². The third-order valence-corrected chi connectivity index (χ3v) is 5.15. The lowest BCUT2D eigenvalue weighted by atomic mass is 10.1. The molecule has 0 aliphatic carbocycles. The number of aryl methyl sites for hydroxylation is 2. The van der Waals surface area contributed by atoms with Crippen LogP contribution in [0.1, 0.15) is 42.9 Å². The van der Waals surface area contributed by atoms with Gasteiger partial charge >= 0.3 is 5.97 Å². The molecule has 0 radical (unpaired) electrons. The van der Waals surface area contributed by atoms with Gasteiger partial charge in [0.2, 0.25) is 12.3 Å². The lowest BCUT2D eigenvalue weighted by Crippen LogP contribution is -2.48. The van der Waals surface area contributed by atoms with E-state index in [1.165, 1.54) is 4.90 Å². The normalized spacial score (nSPS) is 11.6. The molecule has 0 heterocycles. The van der Waals surface area contributed by atoms with Gasteiger partial charge in [0.15, 0.2) is 0 Å². The van der Waals surface area contributed by atoms with Crippen LogP contribution in [-0.4, -0.2) is 59.4 Å². The van der Waals surface area contributed by atoms with Crippen LogP contribution >= 0.6 is 11.8 Å². The highest BCUT2D eigenvalue weighted by Crippen LogP contribution is 2.25. The summed E-state index contributed by atoms with van der Waals surface area (Å²) in [5.74, 6) is 0.520. The Hall–Kier alpha value is -2.06. The fourth-order valence-corrected chi connectivity index (χ4v) is 3.60. The van der Waals surface area contributed by atoms with Crippen LogP contribution in [0.5, 0.6) is 5.75 Å². The Labute approximate surface area is 177 Å². The van der Waals surface area contributed by atoms with Crippen molar-refractivity contribution in [1.29, 1.82) is 0 Å². The van der Waals surface area contributed by atoms with Crippen LogP contribution in [0.15, 0.2) is 12.1 Å². The number of nitrogens with zero attached hydrogens (tertiary/aromatic N) is 1. The van der Waals surface area contributed by atoms with E-state index in [-0.39, 0.29) is 19.1 Å². The van der Waals surface area contributed by atoms with Gasteiger partial charge in [-0.1, -0.05) is 19.1 Å². The number of thioether (sulfide) groups is 1. The molecular formula is C21H32N2O5S. The van der Waals surface area contributed by atoms with Crippen LogP contribution in [0.3, 0.4) is 0 Å². The number of nitrogens with one attached hydrogen (secondary N) is 1. The second kappa shape index (κ2) is 13.2. The Morgan fingerprint density at radius 3 is 2.48 bits per heavy atom. The highest BCUT2D eigenvalue weighted by atomic mass is 32.2. The number of esters is 1. The summed E-state index contributed by atoms with van der Waals surface area (Å²) in [6.45, 7) is 5.65. The van der Waals surface area contributed by atoms with Gasteiger partial charge in [-0.15, -0.1) is 0 Å². The number of amides is 2. The number of hydrogen-bond acceptors (Lipinski definition) is 6. The number of rotatable bonds is 13. The lowest BCUT2D eigenvalue weighted by molar-refractivity contribution is -0.144. The Kier molecular flexibility index (Phi) is 11.4. The first-order chi connectivity index (χ1) is 13.9. The molecular weight excluding hydrogens is 392 g/mol. The summed E-state index contributed by atoms with van der Waals surface area (Å²) in [5, 5.41) is 11.9. The molecule has 0 aromatic heterocycles. The summed E-state index contributed by atoms with van der Waals surface area (Å²) in [6.07, 6.45) is 4.51. The summed E-state index contributed by atoms with van der Waals surface area (Å²) in [5.41, 5.74) is 2.23. The van der Waals surface area contributed by atoms with Crippen molar-refractivity contribution in [3.63, 3.8) is 0 Å². The van der Waals surface area contributed by atoms with E-state index < -0.39 is 12.0 Å². The smallest absolute Gasteiger partial charge is 0.331 e. The molecule has 0 aliphatic rings. The molecule has 1 atom stereocenters. The molecule has 2 amide bonds. The third kappa shape index (κ3) is 8.06. The van der Waals surface area contributed by atoms with Crippen molar-refractivity contribution in [2.75, 3.05) is 25.1 Å². The molecule has 1 rings (SSSR count). The summed E-state index contributed by atoms with van der Waals surface area (Å²) >= 11 is 1.68. The van der Waals surface area contributed by atoms with E-state index in [1.807, 2.05) is 13.2 Å². The first-order valence-electron chi connectivity index (χ1n) is 9.76. The van der Waals surface area contributed by atoms with E-state index in [2.05, 4.69) is 5.32 Å². The zero-order valence-electron chi connectivity index (χ0n) is 17.7. The Morgan fingerprint density at radius 1 is 1.31 bits per heavy atom. The summed E-state index contributed by atoms with van der Waals surface area (Å²) in [4.78, 5) is 37.8. The average molecular weight is 425 g/mol. The molecule has 1 unspecified atom stereocenters. The Balaban J connectivity index is 2.87.